The number of thioether (sulfide) groups is 1. The summed E-state index contributed by atoms with van der Waals surface area (Å²) in [4.78, 5) is 0. The summed E-state index contributed by atoms with van der Waals surface area (Å²) in [5.74, 6) is 2.34. The Morgan fingerprint density at radius 2 is 2.29 bits per heavy atom. The predicted octanol–water partition coefficient (Wildman–Crippen LogP) is 2.60. The van der Waals surface area contributed by atoms with Gasteiger partial charge >= 0.3 is 0 Å². The van der Waals surface area contributed by atoms with Crippen molar-refractivity contribution < 1.29 is 4.74 Å². The molecular weight excluding hydrogens is 230 g/mol. The molecule has 0 aliphatic carbocycles. The third-order valence-corrected chi connectivity index (χ3v) is 5.51. The van der Waals surface area contributed by atoms with Crippen LogP contribution in [0.15, 0.2) is 24.3 Å². The molecule has 92 valence electrons. The molecule has 2 atom stereocenters. The highest BCUT2D eigenvalue weighted by atomic mass is 32.2. The van der Waals surface area contributed by atoms with E-state index in [9.17, 15) is 0 Å². The third kappa shape index (κ3) is 2.18. The van der Waals surface area contributed by atoms with Crippen LogP contribution in [0, 0.1) is 0 Å². The summed E-state index contributed by atoms with van der Waals surface area (Å²) < 4.78 is 6.31. The predicted molar refractivity (Wildman–Crippen MR) is 72.7 cm³/mol. The van der Waals surface area contributed by atoms with Gasteiger partial charge in [-0.25, -0.2) is 0 Å². The zero-order valence-electron chi connectivity index (χ0n) is 10.0. The molecule has 2 N–H and O–H groups in total. The fourth-order valence-corrected chi connectivity index (χ4v) is 4.38. The van der Waals surface area contributed by atoms with Gasteiger partial charge in [0.1, 0.15) is 11.9 Å². The van der Waals surface area contributed by atoms with Crippen LogP contribution in [0.3, 0.4) is 0 Å². The quantitative estimate of drug-likeness (QED) is 0.894. The zero-order chi connectivity index (χ0) is 11.7. The van der Waals surface area contributed by atoms with Gasteiger partial charge in [-0.15, -0.1) is 0 Å². The van der Waals surface area contributed by atoms with E-state index in [4.69, 9.17) is 10.5 Å². The molecular formula is C14H19NOS. The lowest BCUT2D eigenvalue weighted by Gasteiger charge is -2.29. The minimum absolute atomic E-state index is 0.284. The van der Waals surface area contributed by atoms with E-state index in [-0.39, 0.29) is 4.75 Å². The number of ether oxygens (including phenoxy) is 1. The Balaban J connectivity index is 1.69. The smallest absolute Gasteiger partial charge is 0.123 e. The molecule has 0 saturated carbocycles. The summed E-state index contributed by atoms with van der Waals surface area (Å²) in [5, 5.41) is 0. The molecule has 3 heteroatoms. The van der Waals surface area contributed by atoms with Gasteiger partial charge in [-0.05, 0) is 30.2 Å². The number of para-hydroxylation sites is 1. The first-order valence-corrected chi connectivity index (χ1v) is 7.38. The zero-order valence-corrected chi connectivity index (χ0v) is 10.8. The van der Waals surface area contributed by atoms with Crippen LogP contribution >= 0.6 is 11.8 Å². The molecule has 2 aliphatic rings. The first-order valence-electron chi connectivity index (χ1n) is 6.40. The van der Waals surface area contributed by atoms with Gasteiger partial charge in [-0.3, -0.25) is 0 Å². The van der Waals surface area contributed by atoms with Crippen molar-refractivity contribution in [3.8, 4) is 5.75 Å². The Kier molecular flexibility index (Phi) is 3.05. The molecule has 0 radical (unpaired) electrons. The number of benzene rings is 1. The lowest BCUT2D eigenvalue weighted by atomic mass is 9.94. The van der Waals surface area contributed by atoms with Crippen molar-refractivity contribution in [2.24, 2.45) is 5.73 Å². The number of hydrogen-bond acceptors (Lipinski definition) is 3. The molecule has 0 bridgehead atoms. The minimum Gasteiger partial charge on any atom is -0.490 e. The first kappa shape index (κ1) is 11.4. The van der Waals surface area contributed by atoms with E-state index in [0.717, 1.165) is 25.1 Å². The molecule has 0 aromatic heterocycles. The Labute approximate surface area is 107 Å². The Bertz CT molecular complexity index is 376. The van der Waals surface area contributed by atoms with Crippen LogP contribution in [0.2, 0.25) is 0 Å². The van der Waals surface area contributed by atoms with Crippen LogP contribution in [0.5, 0.6) is 5.75 Å². The van der Waals surface area contributed by atoms with Crippen molar-refractivity contribution in [1.29, 1.82) is 0 Å². The summed E-state index contributed by atoms with van der Waals surface area (Å²) in [6.07, 6.45) is 5.05. The summed E-state index contributed by atoms with van der Waals surface area (Å²) in [6.45, 7) is 0.786. The highest BCUT2D eigenvalue weighted by Gasteiger charge is 2.38. The topological polar surface area (TPSA) is 35.2 Å². The van der Waals surface area contributed by atoms with Crippen molar-refractivity contribution in [2.75, 3.05) is 12.3 Å². The van der Waals surface area contributed by atoms with Gasteiger partial charge in [0.15, 0.2) is 0 Å². The second-order valence-electron chi connectivity index (χ2n) is 5.09. The van der Waals surface area contributed by atoms with Crippen LogP contribution in [-0.2, 0) is 6.42 Å². The maximum absolute atomic E-state index is 6.03. The second kappa shape index (κ2) is 4.54. The van der Waals surface area contributed by atoms with E-state index in [1.165, 1.54) is 24.2 Å². The average molecular weight is 249 g/mol. The molecule has 1 aromatic rings. The van der Waals surface area contributed by atoms with Crippen molar-refractivity contribution >= 4 is 11.8 Å². The van der Waals surface area contributed by atoms with E-state index < -0.39 is 0 Å². The maximum Gasteiger partial charge on any atom is 0.123 e. The summed E-state index contributed by atoms with van der Waals surface area (Å²) in [6, 6.07) is 8.39. The fraction of sp³-hybridized carbons (Fsp3) is 0.571. The van der Waals surface area contributed by atoms with Crippen molar-refractivity contribution in [3.05, 3.63) is 29.8 Å². The van der Waals surface area contributed by atoms with Gasteiger partial charge in [0.2, 0.25) is 0 Å². The molecule has 1 saturated heterocycles. The van der Waals surface area contributed by atoms with Crippen molar-refractivity contribution in [3.63, 3.8) is 0 Å². The molecule has 2 aliphatic heterocycles. The molecule has 2 unspecified atom stereocenters. The first-order chi connectivity index (χ1) is 8.31. The van der Waals surface area contributed by atoms with E-state index in [1.807, 2.05) is 6.07 Å². The van der Waals surface area contributed by atoms with Gasteiger partial charge in [0.05, 0.1) is 0 Å². The highest BCUT2D eigenvalue weighted by Crippen LogP contribution is 2.43. The van der Waals surface area contributed by atoms with Crippen LogP contribution < -0.4 is 10.5 Å². The summed E-state index contributed by atoms with van der Waals surface area (Å²) >= 11 is 2.05. The third-order valence-electron chi connectivity index (χ3n) is 3.87. The molecule has 0 amide bonds. The normalized spacial score (nSPS) is 31.2. The maximum atomic E-state index is 6.03. The molecule has 0 spiro atoms. The lowest BCUT2D eigenvalue weighted by Crippen LogP contribution is -2.37. The summed E-state index contributed by atoms with van der Waals surface area (Å²) in [5.41, 5.74) is 7.33. The number of fused-ring (bicyclic) bond motifs is 1. The average Bonchev–Trinajstić information content (AvgIpc) is 2.95. The van der Waals surface area contributed by atoms with Crippen LogP contribution in [0.1, 0.15) is 24.8 Å². The molecule has 2 nitrogen and oxygen atoms in total. The monoisotopic (exact) mass is 249 g/mol. The Hall–Kier alpha value is -0.670. The largest absolute Gasteiger partial charge is 0.490 e. The summed E-state index contributed by atoms with van der Waals surface area (Å²) in [7, 11) is 0. The molecule has 1 fully saturated rings. The van der Waals surface area contributed by atoms with Gasteiger partial charge in [-0.2, -0.15) is 11.8 Å². The number of rotatable bonds is 3. The SMILES string of the molecule is NCC1(CC2Cc3ccccc3O2)CCCS1. The minimum atomic E-state index is 0.284. The highest BCUT2D eigenvalue weighted by molar-refractivity contribution is 8.00. The van der Waals surface area contributed by atoms with Crippen LogP contribution in [0.25, 0.3) is 0 Å². The van der Waals surface area contributed by atoms with E-state index >= 15 is 0 Å². The number of hydrogen-bond donors (Lipinski definition) is 1. The Morgan fingerprint density at radius 3 is 3.00 bits per heavy atom. The lowest BCUT2D eigenvalue weighted by molar-refractivity contribution is 0.202. The van der Waals surface area contributed by atoms with E-state index in [2.05, 4.69) is 30.0 Å². The van der Waals surface area contributed by atoms with Crippen LogP contribution in [-0.4, -0.2) is 23.1 Å². The Morgan fingerprint density at radius 1 is 1.41 bits per heavy atom. The van der Waals surface area contributed by atoms with Crippen molar-refractivity contribution in [2.45, 2.75) is 36.5 Å². The standard InChI is InChI=1S/C14H19NOS/c15-10-14(6-3-7-17-14)9-12-8-11-4-1-2-5-13(11)16-12/h1-2,4-5,12H,3,6-10,15H2. The second-order valence-corrected chi connectivity index (χ2v) is 6.66. The van der Waals surface area contributed by atoms with Crippen LogP contribution in [0.4, 0.5) is 0 Å². The van der Waals surface area contributed by atoms with E-state index in [1.54, 1.807) is 0 Å². The van der Waals surface area contributed by atoms with Gasteiger partial charge in [0, 0.05) is 24.1 Å². The molecule has 2 heterocycles. The molecule has 17 heavy (non-hydrogen) atoms. The number of nitrogens with two attached hydrogens (primary N) is 1. The van der Waals surface area contributed by atoms with Gasteiger partial charge < -0.3 is 10.5 Å². The van der Waals surface area contributed by atoms with E-state index in [0.29, 0.717) is 6.10 Å². The van der Waals surface area contributed by atoms with Gasteiger partial charge in [-0.1, -0.05) is 18.2 Å². The molecule has 3 rings (SSSR count). The molecule has 1 aromatic carbocycles. The fourth-order valence-electron chi connectivity index (χ4n) is 2.94. The van der Waals surface area contributed by atoms with Gasteiger partial charge in [0.25, 0.3) is 0 Å². The van der Waals surface area contributed by atoms with Crippen molar-refractivity contribution in [1.82, 2.24) is 0 Å².